The van der Waals surface area contributed by atoms with Gasteiger partial charge < -0.3 is 20.1 Å². The number of hydrogen-bond donors (Lipinski definition) is 4. The van der Waals surface area contributed by atoms with Gasteiger partial charge in [0.05, 0.1) is 18.1 Å². The van der Waals surface area contributed by atoms with Crippen molar-refractivity contribution in [1.29, 1.82) is 0 Å². The van der Waals surface area contributed by atoms with Crippen LogP contribution in [-0.2, 0) is 9.53 Å². The number of halogens is 1. The van der Waals surface area contributed by atoms with Crippen molar-refractivity contribution in [1.82, 2.24) is 20.7 Å². The molecule has 186 valence electrons. The summed E-state index contributed by atoms with van der Waals surface area (Å²) in [6, 6.07) is 0. The van der Waals surface area contributed by atoms with E-state index >= 15 is 4.39 Å². The van der Waals surface area contributed by atoms with E-state index in [2.05, 4.69) is 26.1 Å². The highest BCUT2D eigenvalue weighted by atomic mass is 19.1. The van der Waals surface area contributed by atoms with E-state index in [0.717, 1.165) is 38.5 Å². The fourth-order valence-electron chi connectivity index (χ4n) is 6.33. The maximum Gasteiger partial charge on any atom is 0.404 e. The molecular formula is C23H33FN6O4. The second-order valence-corrected chi connectivity index (χ2v) is 10.2. The first-order valence-electron chi connectivity index (χ1n) is 12.4. The number of rotatable bonds is 8. The Kier molecular flexibility index (Phi) is 6.46. The number of ether oxygens (including phenoxy) is 1. The summed E-state index contributed by atoms with van der Waals surface area (Å²) in [5.41, 5.74) is 5.19. The lowest BCUT2D eigenvalue weighted by atomic mass is 9.82. The van der Waals surface area contributed by atoms with Gasteiger partial charge in [-0.25, -0.2) is 14.8 Å². The zero-order valence-electron chi connectivity index (χ0n) is 19.4. The van der Waals surface area contributed by atoms with Crippen LogP contribution in [0, 0.1) is 36.4 Å². The molecule has 1 aromatic rings. The largest absolute Gasteiger partial charge is 0.465 e. The Labute approximate surface area is 198 Å². The van der Waals surface area contributed by atoms with E-state index in [1.807, 2.05) is 4.90 Å². The number of carbonyl (C=O) groups excluding carboxylic acids is 1. The molecule has 4 N–H and O–H groups in total. The van der Waals surface area contributed by atoms with E-state index < -0.39 is 17.8 Å². The van der Waals surface area contributed by atoms with E-state index in [4.69, 9.17) is 9.84 Å². The lowest BCUT2D eigenvalue weighted by Gasteiger charge is -2.23. The first kappa shape index (κ1) is 23.1. The molecule has 5 atom stereocenters. The maximum absolute atomic E-state index is 15.4. The molecule has 10 nitrogen and oxygen atoms in total. The van der Waals surface area contributed by atoms with Gasteiger partial charge >= 0.3 is 6.09 Å². The average Bonchev–Trinajstić information content (AvgIpc) is 3.59. The summed E-state index contributed by atoms with van der Waals surface area (Å²) < 4.78 is 21.4. The van der Waals surface area contributed by atoms with Crippen molar-refractivity contribution in [3.63, 3.8) is 0 Å². The number of carboxylic acid groups (broad SMARTS) is 1. The molecule has 0 radical (unpaired) electrons. The second-order valence-electron chi connectivity index (χ2n) is 10.2. The molecule has 1 saturated carbocycles. The van der Waals surface area contributed by atoms with Crippen molar-refractivity contribution in [3.8, 4) is 0 Å². The lowest BCUT2D eigenvalue weighted by molar-refractivity contribution is -0.124. The monoisotopic (exact) mass is 476 g/mol. The quantitative estimate of drug-likeness (QED) is 0.421. The Morgan fingerprint density at radius 2 is 1.82 bits per heavy atom. The summed E-state index contributed by atoms with van der Waals surface area (Å²) in [4.78, 5) is 34.3. The third kappa shape index (κ3) is 4.62. The molecule has 0 spiro atoms. The highest BCUT2D eigenvalue weighted by Crippen LogP contribution is 2.48. The number of anilines is 2. The highest BCUT2D eigenvalue weighted by Gasteiger charge is 2.53. The molecule has 1 aliphatic carbocycles. The molecule has 5 rings (SSSR count). The Hall–Kier alpha value is -2.69. The molecule has 2 unspecified atom stereocenters. The van der Waals surface area contributed by atoms with Crippen molar-refractivity contribution < 1.29 is 23.8 Å². The zero-order valence-corrected chi connectivity index (χ0v) is 19.4. The van der Waals surface area contributed by atoms with Crippen LogP contribution >= 0.6 is 0 Å². The average molecular weight is 477 g/mol. The van der Waals surface area contributed by atoms with E-state index in [0.29, 0.717) is 43.1 Å². The van der Waals surface area contributed by atoms with Crippen molar-refractivity contribution in [2.24, 2.45) is 23.7 Å². The highest BCUT2D eigenvalue weighted by molar-refractivity contribution is 5.80. The van der Waals surface area contributed by atoms with E-state index in [-0.39, 0.29) is 36.3 Å². The fraction of sp³-hybridized carbons (Fsp3) is 0.739. The minimum Gasteiger partial charge on any atom is -0.465 e. The third-order valence-corrected chi connectivity index (χ3v) is 7.96. The third-order valence-electron chi connectivity index (χ3n) is 7.96. The second kappa shape index (κ2) is 9.52. The van der Waals surface area contributed by atoms with Gasteiger partial charge in [-0.3, -0.25) is 15.6 Å². The number of nitrogens with one attached hydrogen (secondary N) is 3. The number of aromatic nitrogens is 2. The first-order valence-corrected chi connectivity index (χ1v) is 12.4. The van der Waals surface area contributed by atoms with Gasteiger partial charge in [-0.15, -0.1) is 0 Å². The minimum atomic E-state index is -1.17. The summed E-state index contributed by atoms with van der Waals surface area (Å²) in [6.07, 6.45) is 6.42. The van der Waals surface area contributed by atoms with Gasteiger partial charge in [0.2, 0.25) is 11.7 Å². The van der Waals surface area contributed by atoms with Gasteiger partial charge in [-0.2, -0.15) is 4.39 Å². The van der Waals surface area contributed by atoms with Crippen LogP contribution in [0.25, 0.3) is 0 Å². The predicted molar refractivity (Wildman–Crippen MR) is 122 cm³/mol. The standard InChI is InChI=1S/C23H33FN6O4/c1-12-26-20(28-29-22(31)14(9-25-23(32)33)8-13-4-2-3-5-13)19(24)21(27-12)30-10-15-16(11-30)18-7-6-17(15)34-18/h13-18,25H,2-11H2,1H3,(H,29,31)(H,32,33)(H,26,27,28)/t14-,15-,16?,17-,18?/m1/s1. The molecule has 2 bridgehead atoms. The molecule has 1 aromatic heterocycles. The van der Waals surface area contributed by atoms with Crippen LogP contribution < -0.4 is 21.1 Å². The smallest absolute Gasteiger partial charge is 0.404 e. The molecule has 2 amide bonds. The topological polar surface area (TPSA) is 129 Å². The Bertz CT molecular complexity index is 924. The van der Waals surface area contributed by atoms with Crippen LogP contribution in [0.3, 0.4) is 0 Å². The molecule has 4 heterocycles. The Morgan fingerprint density at radius 1 is 1.15 bits per heavy atom. The van der Waals surface area contributed by atoms with E-state index in [1.165, 1.54) is 0 Å². The van der Waals surface area contributed by atoms with Crippen LogP contribution in [0.15, 0.2) is 0 Å². The molecule has 4 aliphatic rings. The van der Waals surface area contributed by atoms with Gasteiger partial charge in [-0.1, -0.05) is 25.7 Å². The SMILES string of the molecule is Cc1nc(NNC(=O)[C@@H](CNC(=O)O)CC2CCCC2)c(F)c(N2CC3C4CC[C@@H](O4)[C@@H]3C2)n1. The summed E-state index contributed by atoms with van der Waals surface area (Å²) in [6.45, 7) is 3.11. The van der Waals surface area contributed by atoms with Gasteiger partial charge in [0, 0.05) is 31.5 Å². The van der Waals surface area contributed by atoms with Crippen LogP contribution in [0.4, 0.5) is 20.8 Å². The van der Waals surface area contributed by atoms with E-state index in [1.54, 1.807) is 6.92 Å². The molecule has 0 aromatic carbocycles. The Balaban J connectivity index is 1.25. The first-order chi connectivity index (χ1) is 16.4. The summed E-state index contributed by atoms with van der Waals surface area (Å²) in [5.74, 6) is 0.226. The van der Waals surface area contributed by atoms with Gasteiger partial charge in [0.15, 0.2) is 11.6 Å². The normalized spacial score (nSPS) is 28.7. The number of hydrazine groups is 1. The number of aryl methyl sites for hydroxylation is 1. The Morgan fingerprint density at radius 3 is 2.47 bits per heavy atom. The maximum atomic E-state index is 15.4. The van der Waals surface area contributed by atoms with Crippen LogP contribution in [0.2, 0.25) is 0 Å². The lowest BCUT2D eigenvalue weighted by Crippen LogP contribution is -2.42. The van der Waals surface area contributed by atoms with E-state index in [9.17, 15) is 9.59 Å². The summed E-state index contributed by atoms with van der Waals surface area (Å²) in [7, 11) is 0. The van der Waals surface area contributed by atoms with Gasteiger partial charge in [0.25, 0.3) is 0 Å². The molecule has 4 fully saturated rings. The molecule has 3 aliphatic heterocycles. The number of nitrogens with zero attached hydrogens (tertiary/aromatic N) is 3. The fourth-order valence-corrected chi connectivity index (χ4v) is 6.33. The summed E-state index contributed by atoms with van der Waals surface area (Å²) in [5, 5.41) is 11.3. The van der Waals surface area contributed by atoms with Crippen molar-refractivity contribution in [2.45, 2.75) is 64.1 Å². The summed E-state index contributed by atoms with van der Waals surface area (Å²) >= 11 is 0. The molecular weight excluding hydrogens is 443 g/mol. The molecule has 34 heavy (non-hydrogen) atoms. The van der Waals surface area contributed by atoms with Crippen LogP contribution in [-0.4, -0.2) is 58.9 Å². The molecule has 11 heteroatoms. The molecule has 3 saturated heterocycles. The number of hydrogen-bond acceptors (Lipinski definition) is 7. The minimum absolute atomic E-state index is 0.0108. The van der Waals surface area contributed by atoms with Gasteiger partial charge in [0.1, 0.15) is 5.82 Å². The zero-order chi connectivity index (χ0) is 23.8. The van der Waals surface area contributed by atoms with Crippen molar-refractivity contribution in [3.05, 3.63) is 11.6 Å². The van der Waals surface area contributed by atoms with Crippen molar-refractivity contribution in [2.75, 3.05) is 30.0 Å². The number of fused-ring (bicyclic) bond motifs is 5. The number of amides is 2. The van der Waals surface area contributed by atoms with Crippen molar-refractivity contribution >= 4 is 23.6 Å². The van der Waals surface area contributed by atoms with Crippen LogP contribution in [0.5, 0.6) is 0 Å². The van der Waals surface area contributed by atoms with Crippen LogP contribution in [0.1, 0.15) is 50.8 Å². The van der Waals surface area contributed by atoms with Gasteiger partial charge in [-0.05, 0) is 32.1 Å². The number of carbonyl (C=O) groups is 2. The predicted octanol–water partition coefficient (Wildman–Crippen LogP) is 2.44.